The Morgan fingerprint density at radius 1 is 1.50 bits per heavy atom. The predicted octanol–water partition coefficient (Wildman–Crippen LogP) is 0.453. The summed E-state index contributed by atoms with van der Waals surface area (Å²) < 4.78 is 25.9. The molecular formula is C11H16O7. The molecule has 7 heteroatoms. The second-order valence-corrected chi connectivity index (χ2v) is 4.46. The van der Waals surface area contributed by atoms with Crippen LogP contribution in [0.15, 0.2) is 11.5 Å². The highest BCUT2D eigenvalue weighted by atomic mass is 16.8. The smallest absolute Gasteiger partial charge is 0.378 e. The van der Waals surface area contributed by atoms with Crippen molar-refractivity contribution < 1.29 is 33.6 Å². The van der Waals surface area contributed by atoms with Crippen LogP contribution < -0.4 is 0 Å². The summed E-state index contributed by atoms with van der Waals surface area (Å²) in [6, 6.07) is 0. The highest BCUT2D eigenvalue weighted by molar-refractivity contribution is 5.89. The van der Waals surface area contributed by atoms with E-state index in [2.05, 4.69) is 0 Å². The zero-order chi connectivity index (χ0) is 13.3. The molecule has 2 aliphatic heterocycles. The van der Waals surface area contributed by atoms with Crippen LogP contribution in [0.25, 0.3) is 0 Å². The SMILES string of the molecule is COCOC1=C(O)C(=O)O[C@@H]1[C@@H]1COC(C)(C)O1. The molecule has 0 unspecified atom stereocenters. The fourth-order valence-corrected chi connectivity index (χ4v) is 1.84. The zero-order valence-electron chi connectivity index (χ0n) is 10.5. The van der Waals surface area contributed by atoms with Crippen LogP contribution in [0.5, 0.6) is 0 Å². The quantitative estimate of drug-likeness (QED) is 0.580. The maximum Gasteiger partial charge on any atom is 0.378 e. The molecule has 0 aromatic carbocycles. The maximum atomic E-state index is 11.3. The summed E-state index contributed by atoms with van der Waals surface area (Å²) in [5.41, 5.74) is 0. The Kier molecular flexibility index (Phi) is 3.47. The topological polar surface area (TPSA) is 83.5 Å². The van der Waals surface area contributed by atoms with Crippen LogP contribution >= 0.6 is 0 Å². The van der Waals surface area contributed by atoms with Crippen molar-refractivity contribution in [3.05, 3.63) is 11.5 Å². The van der Waals surface area contributed by atoms with Crippen LogP contribution in [0.1, 0.15) is 13.8 Å². The van der Waals surface area contributed by atoms with Crippen LogP contribution in [0.2, 0.25) is 0 Å². The fraction of sp³-hybridized carbons (Fsp3) is 0.727. The number of aliphatic hydroxyl groups is 1. The molecule has 0 bridgehead atoms. The lowest BCUT2D eigenvalue weighted by Gasteiger charge is -2.21. The Morgan fingerprint density at radius 2 is 2.22 bits per heavy atom. The maximum absolute atomic E-state index is 11.3. The van der Waals surface area contributed by atoms with Crippen molar-refractivity contribution in [2.45, 2.75) is 31.8 Å². The van der Waals surface area contributed by atoms with E-state index in [-0.39, 0.29) is 19.2 Å². The third-order valence-corrected chi connectivity index (χ3v) is 2.62. The number of carbonyl (C=O) groups excluding carboxylic acids is 1. The van der Waals surface area contributed by atoms with Crippen LogP contribution in [-0.4, -0.2) is 49.6 Å². The van der Waals surface area contributed by atoms with E-state index < -0.39 is 29.7 Å². The lowest BCUT2D eigenvalue weighted by molar-refractivity contribution is -0.164. The standard InChI is InChI=1S/C11H16O7/c1-11(2)16-4-6(18-11)8-9(15-5-14-3)7(12)10(13)17-8/h6,8,12H,4-5H2,1-3H3/t6-,8+/m0/s1. The molecule has 1 fully saturated rings. The van der Waals surface area contributed by atoms with Crippen molar-refractivity contribution in [3.8, 4) is 0 Å². The van der Waals surface area contributed by atoms with Gasteiger partial charge in [0.1, 0.15) is 6.10 Å². The summed E-state index contributed by atoms with van der Waals surface area (Å²) in [6.45, 7) is 3.66. The Bertz CT molecular complexity index is 374. The van der Waals surface area contributed by atoms with Crippen LogP contribution in [0.4, 0.5) is 0 Å². The molecule has 2 atom stereocenters. The van der Waals surface area contributed by atoms with E-state index in [9.17, 15) is 9.90 Å². The van der Waals surface area contributed by atoms with E-state index >= 15 is 0 Å². The van der Waals surface area contributed by atoms with E-state index in [0.717, 1.165) is 0 Å². The Hall–Kier alpha value is -1.31. The molecule has 0 radical (unpaired) electrons. The molecule has 2 heterocycles. The number of rotatable bonds is 4. The summed E-state index contributed by atoms with van der Waals surface area (Å²) in [6.07, 6.45) is -1.32. The summed E-state index contributed by atoms with van der Waals surface area (Å²) in [5, 5.41) is 9.57. The van der Waals surface area contributed by atoms with Crippen molar-refractivity contribution >= 4 is 5.97 Å². The normalized spacial score (nSPS) is 30.7. The summed E-state index contributed by atoms with van der Waals surface area (Å²) in [5.74, 6) is -2.11. The lowest BCUT2D eigenvalue weighted by atomic mass is 10.2. The van der Waals surface area contributed by atoms with E-state index in [1.165, 1.54) is 7.11 Å². The number of cyclic esters (lactones) is 1. The van der Waals surface area contributed by atoms with E-state index in [0.29, 0.717) is 0 Å². The van der Waals surface area contributed by atoms with Gasteiger partial charge in [-0.2, -0.15) is 0 Å². The Balaban J connectivity index is 2.11. The summed E-state index contributed by atoms with van der Waals surface area (Å²) in [4.78, 5) is 11.3. The average Bonchev–Trinajstić information content (AvgIpc) is 2.79. The highest BCUT2D eigenvalue weighted by Crippen LogP contribution is 2.32. The van der Waals surface area contributed by atoms with Crippen molar-refractivity contribution in [3.63, 3.8) is 0 Å². The summed E-state index contributed by atoms with van der Waals surface area (Å²) >= 11 is 0. The number of ether oxygens (including phenoxy) is 5. The molecule has 7 nitrogen and oxygen atoms in total. The van der Waals surface area contributed by atoms with Gasteiger partial charge >= 0.3 is 5.97 Å². The van der Waals surface area contributed by atoms with Gasteiger partial charge in [-0.05, 0) is 13.8 Å². The third-order valence-electron chi connectivity index (χ3n) is 2.62. The van der Waals surface area contributed by atoms with Gasteiger partial charge in [-0.1, -0.05) is 0 Å². The monoisotopic (exact) mass is 260 g/mol. The molecule has 0 aromatic heterocycles. The van der Waals surface area contributed by atoms with Crippen molar-refractivity contribution in [2.24, 2.45) is 0 Å². The minimum Gasteiger partial charge on any atom is -0.499 e. The largest absolute Gasteiger partial charge is 0.499 e. The molecule has 0 saturated carbocycles. The highest BCUT2D eigenvalue weighted by Gasteiger charge is 2.47. The van der Waals surface area contributed by atoms with Gasteiger partial charge in [0.05, 0.1) is 6.61 Å². The second-order valence-electron chi connectivity index (χ2n) is 4.46. The molecule has 0 amide bonds. The van der Waals surface area contributed by atoms with Crippen LogP contribution in [0.3, 0.4) is 0 Å². The number of carbonyl (C=O) groups is 1. The minimum atomic E-state index is -0.834. The molecule has 2 aliphatic rings. The van der Waals surface area contributed by atoms with Gasteiger partial charge in [0, 0.05) is 7.11 Å². The molecule has 2 rings (SSSR count). The number of aliphatic hydroxyl groups excluding tert-OH is 1. The molecule has 1 N–H and O–H groups in total. The average molecular weight is 260 g/mol. The first-order valence-corrected chi connectivity index (χ1v) is 5.52. The first kappa shape index (κ1) is 13.1. The summed E-state index contributed by atoms with van der Waals surface area (Å²) in [7, 11) is 1.43. The first-order valence-electron chi connectivity index (χ1n) is 5.52. The third kappa shape index (κ3) is 2.43. The molecule has 1 saturated heterocycles. The zero-order valence-corrected chi connectivity index (χ0v) is 10.5. The number of esters is 1. The number of methoxy groups -OCH3 is 1. The van der Waals surface area contributed by atoms with Gasteiger partial charge < -0.3 is 28.8 Å². The van der Waals surface area contributed by atoms with E-state index in [1.54, 1.807) is 13.8 Å². The van der Waals surface area contributed by atoms with Gasteiger partial charge in [0.15, 0.2) is 24.4 Å². The fourth-order valence-electron chi connectivity index (χ4n) is 1.84. The van der Waals surface area contributed by atoms with Gasteiger partial charge in [-0.3, -0.25) is 0 Å². The van der Waals surface area contributed by atoms with Gasteiger partial charge in [-0.15, -0.1) is 0 Å². The van der Waals surface area contributed by atoms with E-state index in [1.807, 2.05) is 0 Å². The first-order chi connectivity index (χ1) is 8.44. The predicted molar refractivity (Wildman–Crippen MR) is 57.4 cm³/mol. The molecule has 18 heavy (non-hydrogen) atoms. The molecule has 0 aromatic rings. The van der Waals surface area contributed by atoms with Gasteiger partial charge in [0.25, 0.3) is 0 Å². The Morgan fingerprint density at radius 3 is 2.78 bits per heavy atom. The molecule has 102 valence electrons. The van der Waals surface area contributed by atoms with Gasteiger partial charge in [0.2, 0.25) is 5.76 Å². The molecular weight excluding hydrogens is 244 g/mol. The van der Waals surface area contributed by atoms with Crippen molar-refractivity contribution in [2.75, 3.05) is 20.5 Å². The minimum absolute atomic E-state index is 0.0214. The van der Waals surface area contributed by atoms with Crippen LogP contribution in [0, 0.1) is 0 Å². The second kappa shape index (κ2) is 4.75. The lowest BCUT2D eigenvalue weighted by Crippen LogP contribution is -2.33. The molecule has 0 aliphatic carbocycles. The number of hydrogen-bond acceptors (Lipinski definition) is 7. The molecule has 0 spiro atoms. The van der Waals surface area contributed by atoms with Crippen LogP contribution in [-0.2, 0) is 28.5 Å². The number of hydrogen-bond donors (Lipinski definition) is 1. The van der Waals surface area contributed by atoms with E-state index in [4.69, 9.17) is 23.7 Å². The Labute approximate surface area is 104 Å². The van der Waals surface area contributed by atoms with Crippen molar-refractivity contribution in [1.82, 2.24) is 0 Å². The van der Waals surface area contributed by atoms with Gasteiger partial charge in [-0.25, -0.2) is 4.79 Å². The van der Waals surface area contributed by atoms with Crippen molar-refractivity contribution in [1.29, 1.82) is 0 Å².